The third kappa shape index (κ3) is 9.29. The maximum atomic E-state index is 5.17. The van der Waals surface area contributed by atoms with Crippen molar-refractivity contribution < 1.29 is 0 Å². The molecule has 0 bridgehead atoms. The Balaban J connectivity index is 0.849. The average molecular weight is 1000 g/mol. The molecule has 0 aliphatic heterocycles. The van der Waals surface area contributed by atoms with Crippen molar-refractivity contribution in [3.05, 3.63) is 296 Å². The predicted molar refractivity (Wildman–Crippen MR) is 327 cm³/mol. The number of rotatable bonds is 12. The molecule has 13 rings (SSSR count). The molecule has 13 aromatic rings. The number of anilines is 6. The van der Waals surface area contributed by atoms with Crippen LogP contribution in [-0.4, -0.2) is 14.5 Å². The minimum atomic E-state index is 0.724. The number of hydrogen-bond acceptors (Lipinski definition) is 4. The molecule has 372 valence electrons. The van der Waals surface area contributed by atoms with Crippen LogP contribution in [0.25, 0.3) is 83.6 Å². The number of para-hydroxylation sites is 4. The van der Waals surface area contributed by atoms with Crippen LogP contribution in [0.4, 0.5) is 34.1 Å². The van der Waals surface area contributed by atoms with Crippen LogP contribution in [0.5, 0.6) is 0 Å². The van der Waals surface area contributed by atoms with E-state index in [9.17, 15) is 0 Å². The maximum Gasteiger partial charge on any atom is 0.160 e. The lowest BCUT2D eigenvalue weighted by Gasteiger charge is -2.26. The highest BCUT2D eigenvalue weighted by Crippen LogP contribution is 2.43. The van der Waals surface area contributed by atoms with E-state index in [0.29, 0.717) is 0 Å². The van der Waals surface area contributed by atoms with Gasteiger partial charge in [-0.1, -0.05) is 175 Å². The fraction of sp³-hybridized carbons (Fsp3) is 0.0411. The monoisotopic (exact) mass is 1000 g/mol. The van der Waals surface area contributed by atoms with Crippen LogP contribution in [-0.2, 0) is 0 Å². The van der Waals surface area contributed by atoms with E-state index in [1.165, 1.54) is 21.9 Å². The first-order valence-corrected chi connectivity index (χ1v) is 26.6. The number of benzene rings is 11. The molecule has 0 amide bonds. The van der Waals surface area contributed by atoms with Crippen molar-refractivity contribution in [3.63, 3.8) is 0 Å². The standard InChI is InChI=1S/C73H55N5/c1-50-18-16-20-57(44-50)69-49-70(75-73(74-69)58-21-17-19-51(2)45-58)66-41-36-56(46-52(66)3)55-32-30-53(31-33-55)54-34-37-63(38-35-54)78-71-42-39-64(76(59-22-8-4-9-23-59)60-24-10-5-11-25-60)47-67(71)68-48-65(40-43-72(68)78)77(61-26-12-6-13-27-61)62-28-14-7-15-29-62/h4-49H,1-3H3. The molecule has 0 radical (unpaired) electrons. The summed E-state index contributed by atoms with van der Waals surface area (Å²) in [6, 6.07) is 100. The summed E-state index contributed by atoms with van der Waals surface area (Å²) in [7, 11) is 0. The van der Waals surface area contributed by atoms with E-state index in [1.807, 2.05) is 0 Å². The summed E-state index contributed by atoms with van der Waals surface area (Å²) in [5.74, 6) is 0.724. The fourth-order valence-corrected chi connectivity index (χ4v) is 11.0. The quantitative estimate of drug-likeness (QED) is 0.122. The van der Waals surface area contributed by atoms with E-state index >= 15 is 0 Å². The normalized spacial score (nSPS) is 11.3. The second-order valence-corrected chi connectivity index (χ2v) is 20.1. The van der Waals surface area contributed by atoms with Crippen LogP contribution in [0, 0.1) is 20.8 Å². The highest BCUT2D eigenvalue weighted by molar-refractivity contribution is 6.12. The van der Waals surface area contributed by atoms with Gasteiger partial charge in [-0.3, -0.25) is 0 Å². The van der Waals surface area contributed by atoms with Crippen molar-refractivity contribution in [3.8, 4) is 61.8 Å². The maximum absolute atomic E-state index is 5.17. The SMILES string of the molecule is Cc1cccc(-c2cc(-c3ccc(-c4ccc(-c5ccc(-n6c7ccc(N(c8ccccc8)c8ccccc8)cc7c7cc(N(c8ccccc8)c8ccccc8)ccc76)cc5)cc4)cc3C)nc(-c3cccc(C)c3)n2)c1. The Bertz CT molecular complexity index is 3980. The summed E-state index contributed by atoms with van der Waals surface area (Å²) in [5, 5.41) is 2.34. The topological polar surface area (TPSA) is 37.2 Å². The summed E-state index contributed by atoms with van der Waals surface area (Å²) < 4.78 is 2.41. The third-order valence-electron chi connectivity index (χ3n) is 14.8. The van der Waals surface area contributed by atoms with E-state index in [-0.39, 0.29) is 0 Å². The van der Waals surface area contributed by atoms with Gasteiger partial charge in [0.2, 0.25) is 0 Å². The smallest absolute Gasteiger partial charge is 0.160 e. The molecular weight excluding hydrogens is 947 g/mol. The van der Waals surface area contributed by atoms with Crippen molar-refractivity contribution in [2.24, 2.45) is 0 Å². The molecule has 78 heavy (non-hydrogen) atoms. The molecule has 0 saturated carbocycles. The van der Waals surface area contributed by atoms with Gasteiger partial charge in [0.25, 0.3) is 0 Å². The number of aromatic nitrogens is 3. The van der Waals surface area contributed by atoms with Gasteiger partial charge in [0.05, 0.1) is 22.4 Å². The molecule has 0 saturated heterocycles. The zero-order chi connectivity index (χ0) is 52.5. The first kappa shape index (κ1) is 47.6. The Morgan fingerprint density at radius 3 is 1.19 bits per heavy atom. The molecule has 11 aromatic carbocycles. The molecular formula is C73H55N5. The van der Waals surface area contributed by atoms with Gasteiger partial charge in [-0.05, 0) is 164 Å². The second kappa shape index (κ2) is 20.6. The first-order valence-electron chi connectivity index (χ1n) is 26.6. The molecule has 5 nitrogen and oxygen atoms in total. The highest BCUT2D eigenvalue weighted by Gasteiger charge is 2.21. The summed E-state index contributed by atoms with van der Waals surface area (Å²) in [6.45, 7) is 6.41. The van der Waals surface area contributed by atoms with Crippen molar-refractivity contribution in [1.29, 1.82) is 0 Å². The Morgan fingerprint density at radius 1 is 0.295 bits per heavy atom. The summed E-state index contributed by atoms with van der Waals surface area (Å²) in [4.78, 5) is 14.9. The Labute approximate surface area is 456 Å². The minimum absolute atomic E-state index is 0.724. The fourth-order valence-electron chi connectivity index (χ4n) is 11.0. The van der Waals surface area contributed by atoms with E-state index in [2.05, 4.69) is 314 Å². The lowest BCUT2D eigenvalue weighted by atomic mass is 9.96. The van der Waals surface area contributed by atoms with E-state index in [1.54, 1.807) is 0 Å². The zero-order valence-corrected chi connectivity index (χ0v) is 43.8. The molecule has 2 heterocycles. The molecule has 2 aromatic heterocycles. The van der Waals surface area contributed by atoms with Crippen molar-refractivity contribution >= 4 is 55.9 Å². The van der Waals surface area contributed by atoms with Crippen molar-refractivity contribution in [2.45, 2.75) is 20.8 Å². The summed E-state index contributed by atoms with van der Waals surface area (Å²) in [5.41, 5.74) is 23.1. The van der Waals surface area contributed by atoms with Gasteiger partial charge >= 0.3 is 0 Å². The van der Waals surface area contributed by atoms with Crippen LogP contribution in [0.15, 0.2) is 279 Å². The summed E-state index contributed by atoms with van der Waals surface area (Å²) >= 11 is 0. The molecule has 0 atom stereocenters. The molecule has 5 heteroatoms. The van der Waals surface area contributed by atoms with E-state index in [0.717, 1.165) is 113 Å². The molecule has 0 N–H and O–H groups in total. The van der Waals surface area contributed by atoms with Crippen molar-refractivity contribution in [2.75, 3.05) is 9.80 Å². The van der Waals surface area contributed by atoms with Gasteiger partial charge in [0.1, 0.15) is 0 Å². The van der Waals surface area contributed by atoms with Gasteiger partial charge in [-0.15, -0.1) is 0 Å². The van der Waals surface area contributed by atoms with E-state index < -0.39 is 0 Å². The number of hydrogen-bond donors (Lipinski definition) is 0. The lowest BCUT2D eigenvalue weighted by molar-refractivity contribution is 1.17. The predicted octanol–water partition coefficient (Wildman–Crippen LogP) is 19.8. The van der Waals surface area contributed by atoms with Crippen LogP contribution in [0.3, 0.4) is 0 Å². The van der Waals surface area contributed by atoms with Gasteiger partial charge in [-0.2, -0.15) is 0 Å². The van der Waals surface area contributed by atoms with E-state index in [4.69, 9.17) is 9.97 Å². The Kier molecular flexibility index (Phi) is 12.5. The van der Waals surface area contributed by atoms with Gasteiger partial charge in [0.15, 0.2) is 5.82 Å². The molecule has 0 aliphatic rings. The lowest BCUT2D eigenvalue weighted by Crippen LogP contribution is -2.09. The van der Waals surface area contributed by atoms with Crippen LogP contribution in [0.1, 0.15) is 16.7 Å². The molecule has 0 spiro atoms. The van der Waals surface area contributed by atoms with Crippen LogP contribution >= 0.6 is 0 Å². The number of nitrogens with zero attached hydrogens (tertiary/aromatic N) is 5. The summed E-state index contributed by atoms with van der Waals surface area (Å²) in [6.07, 6.45) is 0. The molecule has 0 aliphatic carbocycles. The van der Waals surface area contributed by atoms with Crippen LogP contribution < -0.4 is 9.80 Å². The van der Waals surface area contributed by atoms with Crippen molar-refractivity contribution in [1.82, 2.24) is 14.5 Å². The minimum Gasteiger partial charge on any atom is -0.310 e. The Morgan fingerprint density at radius 2 is 0.718 bits per heavy atom. The largest absolute Gasteiger partial charge is 0.310 e. The molecule has 0 unspecified atom stereocenters. The van der Waals surface area contributed by atoms with Crippen LogP contribution in [0.2, 0.25) is 0 Å². The number of aryl methyl sites for hydroxylation is 3. The second-order valence-electron chi connectivity index (χ2n) is 20.1. The highest BCUT2D eigenvalue weighted by atomic mass is 15.1. The van der Waals surface area contributed by atoms with Gasteiger partial charge in [-0.25, -0.2) is 9.97 Å². The van der Waals surface area contributed by atoms with Gasteiger partial charge in [0, 0.05) is 67.3 Å². The number of fused-ring (bicyclic) bond motifs is 3. The molecule has 0 fully saturated rings. The first-order chi connectivity index (χ1) is 38.4. The third-order valence-corrected chi connectivity index (χ3v) is 14.8. The Hall–Kier alpha value is -10.1. The zero-order valence-electron chi connectivity index (χ0n) is 43.8. The average Bonchev–Trinajstić information content (AvgIpc) is 4.03. The van der Waals surface area contributed by atoms with Gasteiger partial charge < -0.3 is 14.4 Å².